The molecule has 0 aromatic heterocycles. The zero-order valence-electron chi connectivity index (χ0n) is 18.3. The van der Waals surface area contributed by atoms with Gasteiger partial charge in [0, 0.05) is 36.7 Å². The first-order chi connectivity index (χ1) is 15.4. The summed E-state index contributed by atoms with van der Waals surface area (Å²) in [5, 5.41) is 11.9. The minimum absolute atomic E-state index is 0.123. The molecule has 0 saturated carbocycles. The standard InChI is InChI=1S/C25H29NO6/c1-17(2)26-14-22(32-25(29)11-10-24(27)28)16-30-21-9-8-19-12-20(15-31-23(19)13-21)18-6-4-3-5-7-18/h3-11,13,17,20,22,26H,12,14-16H2,1-2H3,(H,27,28). The third kappa shape index (κ3) is 7.13. The van der Waals surface area contributed by atoms with Crippen LogP contribution in [0.5, 0.6) is 11.5 Å². The molecule has 0 saturated heterocycles. The van der Waals surface area contributed by atoms with Crippen LogP contribution in [0.1, 0.15) is 30.9 Å². The number of hydrogen-bond acceptors (Lipinski definition) is 6. The number of nitrogens with one attached hydrogen (secondary N) is 1. The number of benzene rings is 2. The van der Waals surface area contributed by atoms with Crippen molar-refractivity contribution in [3.05, 3.63) is 71.8 Å². The van der Waals surface area contributed by atoms with E-state index >= 15 is 0 Å². The molecule has 0 aliphatic carbocycles. The SMILES string of the molecule is CC(C)NCC(COc1ccc2c(c1)OCC(c1ccccc1)C2)OC(=O)C=CC(=O)O. The van der Waals surface area contributed by atoms with Crippen molar-refractivity contribution in [2.45, 2.75) is 38.3 Å². The summed E-state index contributed by atoms with van der Waals surface area (Å²) in [6.45, 7) is 5.07. The van der Waals surface area contributed by atoms with Crippen molar-refractivity contribution in [3.63, 3.8) is 0 Å². The Morgan fingerprint density at radius 3 is 2.69 bits per heavy atom. The molecule has 32 heavy (non-hydrogen) atoms. The van der Waals surface area contributed by atoms with E-state index in [0.717, 1.165) is 29.9 Å². The van der Waals surface area contributed by atoms with Gasteiger partial charge in [-0.2, -0.15) is 0 Å². The second-order valence-electron chi connectivity index (χ2n) is 8.00. The summed E-state index contributed by atoms with van der Waals surface area (Å²) in [7, 11) is 0. The highest BCUT2D eigenvalue weighted by Gasteiger charge is 2.22. The van der Waals surface area contributed by atoms with E-state index in [4.69, 9.17) is 19.3 Å². The van der Waals surface area contributed by atoms with E-state index in [1.54, 1.807) is 0 Å². The molecule has 0 spiro atoms. The fourth-order valence-corrected chi connectivity index (χ4v) is 3.42. The first kappa shape index (κ1) is 23.3. The van der Waals surface area contributed by atoms with Crippen LogP contribution in [0.15, 0.2) is 60.7 Å². The highest BCUT2D eigenvalue weighted by molar-refractivity contribution is 5.90. The number of esters is 1. The molecule has 0 amide bonds. The number of aliphatic carboxylic acids is 1. The average molecular weight is 440 g/mol. The molecule has 1 heterocycles. The van der Waals surface area contributed by atoms with Crippen LogP contribution in [0.2, 0.25) is 0 Å². The lowest BCUT2D eigenvalue weighted by molar-refractivity contribution is -0.144. The van der Waals surface area contributed by atoms with Gasteiger partial charge in [0.25, 0.3) is 0 Å². The highest BCUT2D eigenvalue weighted by Crippen LogP contribution is 2.34. The molecular weight excluding hydrogens is 410 g/mol. The Labute approximate surface area is 188 Å². The summed E-state index contributed by atoms with van der Waals surface area (Å²) < 4.78 is 17.2. The molecule has 2 aromatic rings. The molecule has 7 heteroatoms. The number of rotatable bonds is 10. The normalized spacial score (nSPS) is 16.3. The molecule has 0 bridgehead atoms. The van der Waals surface area contributed by atoms with Crippen molar-refractivity contribution >= 4 is 11.9 Å². The van der Waals surface area contributed by atoms with E-state index in [9.17, 15) is 9.59 Å². The number of ether oxygens (including phenoxy) is 3. The lowest BCUT2D eigenvalue weighted by Gasteiger charge is -2.26. The van der Waals surface area contributed by atoms with Crippen LogP contribution in [0, 0.1) is 0 Å². The molecule has 3 rings (SSSR count). The Bertz CT molecular complexity index is 941. The van der Waals surface area contributed by atoms with Crippen LogP contribution in [-0.2, 0) is 20.7 Å². The van der Waals surface area contributed by atoms with Gasteiger partial charge in [0.05, 0.1) is 6.61 Å². The Hall–Kier alpha value is -3.32. The van der Waals surface area contributed by atoms with E-state index in [2.05, 4.69) is 17.4 Å². The topological polar surface area (TPSA) is 94.1 Å². The first-order valence-electron chi connectivity index (χ1n) is 10.7. The van der Waals surface area contributed by atoms with Crippen molar-refractivity contribution in [1.29, 1.82) is 0 Å². The Morgan fingerprint density at radius 1 is 1.19 bits per heavy atom. The third-order valence-corrected chi connectivity index (χ3v) is 5.05. The molecule has 7 nitrogen and oxygen atoms in total. The summed E-state index contributed by atoms with van der Waals surface area (Å²) >= 11 is 0. The van der Waals surface area contributed by atoms with Gasteiger partial charge >= 0.3 is 11.9 Å². The van der Waals surface area contributed by atoms with Gasteiger partial charge in [0.15, 0.2) is 0 Å². The van der Waals surface area contributed by atoms with Crippen LogP contribution < -0.4 is 14.8 Å². The largest absolute Gasteiger partial charge is 0.493 e. The number of carboxylic acids is 1. The van der Waals surface area contributed by atoms with E-state index in [0.29, 0.717) is 24.8 Å². The minimum Gasteiger partial charge on any atom is -0.493 e. The quantitative estimate of drug-likeness (QED) is 0.433. The average Bonchev–Trinajstić information content (AvgIpc) is 2.79. The monoisotopic (exact) mass is 439 g/mol. The number of carboxylic acid groups (broad SMARTS) is 1. The molecule has 170 valence electrons. The van der Waals surface area contributed by atoms with E-state index in [1.807, 2.05) is 50.2 Å². The summed E-state index contributed by atoms with van der Waals surface area (Å²) in [6.07, 6.45) is 1.96. The maximum atomic E-state index is 11.9. The van der Waals surface area contributed by atoms with Crippen LogP contribution in [0.4, 0.5) is 0 Å². The molecular formula is C25H29NO6. The number of fused-ring (bicyclic) bond motifs is 1. The molecule has 2 atom stereocenters. The molecule has 1 aliphatic heterocycles. The lowest BCUT2D eigenvalue weighted by atomic mass is 9.90. The Morgan fingerprint density at radius 2 is 1.97 bits per heavy atom. The zero-order valence-corrected chi connectivity index (χ0v) is 18.3. The summed E-state index contributed by atoms with van der Waals surface area (Å²) in [4.78, 5) is 22.5. The molecule has 2 unspecified atom stereocenters. The summed E-state index contributed by atoms with van der Waals surface area (Å²) in [5.41, 5.74) is 2.39. The molecule has 0 fully saturated rings. The fraction of sp³-hybridized carbons (Fsp3) is 0.360. The summed E-state index contributed by atoms with van der Waals surface area (Å²) in [6, 6.07) is 16.3. The van der Waals surface area contributed by atoms with Gasteiger partial charge in [-0.3, -0.25) is 0 Å². The third-order valence-electron chi connectivity index (χ3n) is 5.05. The van der Waals surface area contributed by atoms with E-state index in [1.165, 1.54) is 5.56 Å². The zero-order chi connectivity index (χ0) is 22.9. The predicted octanol–water partition coefficient (Wildman–Crippen LogP) is 3.33. The van der Waals surface area contributed by atoms with Crippen molar-refractivity contribution in [2.75, 3.05) is 19.8 Å². The smallest absolute Gasteiger partial charge is 0.331 e. The molecule has 2 aromatic carbocycles. The highest BCUT2D eigenvalue weighted by atomic mass is 16.6. The van der Waals surface area contributed by atoms with Crippen LogP contribution in [-0.4, -0.2) is 48.9 Å². The van der Waals surface area contributed by atoms with Gasteiger partial charge < -0.3 is 24.6 Å². The van der Waals surface area contributed by atoms with Crippen LogP contribution >= 0.6 is 0 Å². The van der Waals surface area contributed by atoms with Gasteiger partial charge in [0.1, 0.15) is 24.2 Å². The van der Waals surface area contributed by atoms with Gasteiger partial charge in [-0.1, -0.05) is 50.2 Å². The fourth-order valence-electron chi connectivity index (χ4n) is 3.42. The predicted molar refractivity (Wildman–Crippen MR) is 120 cm³/mol. The van der Waals surface area contributed by atoms with Crippen molar-refractivity contribution in [2.24, 2.45) is 0 Å². The molecule has 2 N–H and O–H groups in total. The summed E-state index contributed by atoms with van der Waals surface area (Å²) in [5.74, 6) is -0.201. The first-order valence-corrected chi connectivity index (χ1v) is 10.7. The van der Waals surface area contributed by atoms with Gasteiger partial charge in [-0.05, 0) is 23.6 Å². The van der Waals surface area contributed by atoms with E-state index in [-0.39, 0.29) is 12.6 Å². The molecule has 1 aliphatic rings. The number of carbonyl (C=O) groups excluding carboxylic acids is 1. The maximum absolute atomic E-state index is 11.9. The number of hydrogen-bond donors (Lipinski definition) is 2. The Balaban J connectivity index is 1.60. The number of carbonyl (C=O) groups is 2. The lowest BCUT2D eigenvalue weighted by Crippen LogP contribution is -2.38. The van der Waals surface area contributed by atoms with E-state index < -0.39 is 18.0 Å². The van der Waals surface area contributed by atoms with Gasteiger partial charge in [-0.15, -0.1) is 0 Å². The minimum atomic E-state index is -1.21. The van der Waals surface area contributed by atoms with Crippen molar-refractivity contribution in [1.82, 2.24) is 5.32 Å². The van der Waals surface area contributed by atoms with Crippen molar-refractivity contribution < 1.29 is 28.9 Å². The molecule has 0 radical (unpaired) electrons. The Kier molecular flexibility index (Phi) is 8.27. The second-order valence-corrected chi connectivity index (χ2v) is 8.00. The van der Waals surface area contributed by atoms with Crippen molar-refractivity contribution in [3.8, 4) is 11.5 Å². The maximum Gasteiger partial charge on any atom is 0.331 e. The second kappa shape index (κ2) is 11.3. The van der Waals surface area contributed by atoms with Gasteiger partial charge in [0.2, 0.25) is 0 Å². The van der Waals surface area contributed by atoms with Gasteiger partial charge in [-0.25, -0.2) is 9.59 Å². The van der Waals surface area contributed by atoms with Crippen LogP contribution in [0.3, 0.4) is 0 Å². The van der Waals surface area contributed by atoms with Crippen LogP contribution in [0.25, 0.3) is 0 Å².